The molecule has 0 bridgehead atoms. The standard InChI is InChI=1S/C13H15NO4/c1-2-14-10(15)8-18-12(13(16)17)11(14)9-6-4-3-5-7-9/h3-7,11-12H,2,8H2,1H3,(H,16,17)/t11-,12+/m1/s1. The number of amides is 1. The van der Waals surface area contributed by atoms with Crippen molar-refractivity contribution >= 4 is 11.9 Å². The molecular formula is C13H15NO4. The number of carbonyl (C=O) groups excluding carboxylic acids is 1. The molecule has 1 amide bonds. The van der Waals surface area contributed by atoms with Gasteiger partial charge in [0, 0.05) is 6.54 Å². The third-order valence-corrected chi connectivity index (χ3v) is 3.05. The molecule has 1 aliphatic heterocycles. The van der Waals surface area contributed by atoms with E-state index in [0.29, 0.717) is 6.54 Å². The van der Waals surface area contributed by atoms with Gasteiger partial charge in [-0.2, -0.15) is 0 Å². The molecule has 5 nitrogen and oxygen atoms in total. The Balaban J connectivity index is 2.40. The molecule has 5 heteroatoms. The van der Waals surface area contributed by atoms with Gasteiger partial charge in [0.05, 0.1) is 6.04 Å². The van der Waals surface area contributed by atoms with Crippen molar-refractivity contribution in [2.75, 3.05) is 13.2 Å². The fraction of sp³-hybridized carbons (Fsp3) is 0.385. The Morgan fingerprint density at radius 3 is 2.67 bits per heavy atom. The summed E-state index contributed by atoms with van der Waals surface area (Å²) in [4.78, 5) is 24.6. The zero-order valence-electron chi connectivity index (χ0n) is 10.1. The van der Waals surface area contributed by atoms with Crippen molar-refractivity contribution in [3.05, 3.63) is 35.9 Å². The Morgan fingerprint density at radius 1 is 1.44 bits per heavy atom. The third kappa shape index (κ3) is 2.22. The molecule has 1 heterocycles. The molecule has 1 saturated heterocycles. The van der Waals surface area contributed by atoms with Gasteiger partial charge < -0.3 is 14.7 Å². The van der Waals surface area contributed by atoms with Crippen molar-refractivity contribution in [3.8, 4) is 0 Å². The van der Waals surface area contributed by atoms with Crippen LogP contribution < -0.4 is 0 Å². The summed E-state index contributed by atoms with van der Waals surface area (Å²) in [5, 5.41) is 9.21. The van der Waals surface area contributed by atoms with Gasteiger partial charge in [0.2, 0.25) is 5.91 Å². The summed E-state index contributed by atoms with van der Waals surface area (Å²) in [6.45, 7) is 2.12. The van der Waals surface area contributed by atoms with Crippen LogP contribution >= 0.6 is 0 Å². The van der Waals surface area contributed by atoms with Crippen LogP contribution in [-0.4, -0.2) is 41.1 Å². The topological polar surface area (TPSA) is 66.8 Å². The first-order valence-electron chi connectivity index (χ1n) is 5.84. The highest BCUT2D eigenvalue weighted by Gasteiger charge is 2.40. The number of ether oxygens (including phenoxy) is 1. The predicted octanol–water partition coefficient (Wildman–Crippen LogP) is 1.06. The van der Waals surface area contributed by atoms with E-state index in [2.05, 4.69) is 0 Å². The van der Waals surface area contributed by atoms with Crippen molar-refractivity contribution in [2.45, 2.75) is 19.1 Å². The smallest absolute Gasteiger partial charge is 0.335 e. The molecule has 0 aromatic heterocycles. The van der Waals surface area contributed by atoms with Crippen LogP contribution in [0, 0.1) is 0 Å². The molecule has 1 N–H and O–H groups in total. The van der Waals surface area contributed by atoms with Crippen LogP contribution in [0.25, 0.3) is 0 Å². The summed E-state index contributed by atoms with van der Waals surface area (Å²) >= 11 is 0. The van der Waals surface area contributed by atoms with E-state index in [-0.39, 0.29) is 12.5 Å². The minimum atomic E-state index is -1.05. The van der Waals surface area contributed by atoms with E-state index in [1.54, 1.807) is 4.90 Å². The minimum absolute atomic E-state index is 0.172. The SMILES string of the molecule is CCN1C(=O)CO[C@H](C(=O)O)[C@H]1c1ccccc1. The molecule has 2 atom stereocenters. The number of hydrogen-bond donors (Lipinski definition) is 1. The molecule has 1 fully saturated rings. The van der Waals surface area contributed by atoms with Crippen LogP contribution in [-0.2, 0) is 14.3 Å². The zero-order chi connectivity index (χ0) is 13.1. The maximum Gasteiger partial charge on any atom is 0.335 e. The van der Waals surface area contributed by atoms with Gasteiger partial charge in [-0.25, -0.2) is 4.79 Å². The third-order valence-electron chi connectivity index (χ3n) is 3.05. The van der Waals surface area contributed by atoms with Crippen LogP contribution in [0.4, 0.5) is 0 Å². The summed E-state index contributed by atoms with van der Waals surface area (Å²) in [5.74, 6) is -1.22. The minimum Gasteiger partial charge on any atom is -0.479 e. The quantitative estimate of drug-likeness (QED) is 0.869. The van der Waals surface area contributed by atoms with Crippen LogP contribution in [0.5, 0.6) is 0 Å². The Hall–Kier alpha value is -1.88. The van der Waals surface area contributed by atoms with Crippen molar-refractivity contribution in [2.24, 2.45) is 0 Å². The number of likely N-dealkylation sites (N-methyl/N-ethyl adjacent to an activating group) is 1. The molecule has 0 radical (unpaired) electrons. The highest BCUT2D eigenvalue weighted by atomic mass is 16.5. The van der Waals surface area contributed by atoms with Gasteiger partial charge in [0.15, 0.2) is 6.10 Å². The lowest BCUT2D eigenvalue weighted by Crippen LogP contribution is -2.51. The van der Waals surface area contributed by atoms with E-state index in [1.165, 1.54) is 0 Å². The monoisotopic (exact) mass is 249 g/mol. The Labute approximate surface area is 105 Å². The highest BCUT2D eigenvalue weighted by Crippen LogP contribution is 2.29. The first-order chi connectivity index (χ1) is 8.65. The highest BCUT2D eigenvalue weighted by molar-refractivity contribution is 5.82. The van der Waals surface area contributed by atoms with Gasteiger partial charge in [-0.3, -0.25) is 4.79 Å². The number of carboxylic acid groups (broad SMARTS) is 1. The average Bonchev–Trinajstić information content (AvgIpc) is 2.39. The van der Waals surface area contributed by atoms with Gasteiger partial charge in [-0.05, 0) is 12.5 Å². The van der Waals surface area contributed by atoms with E-state index < -0.39 is 18.1 Å². The van der Waals surface area contributed by atoms with Gasteiger partial charge in [0.1, 0.15) is 6.61 Å². The lowest BCUT2D eigenvalue weighted by Gasteiger charge is -2.38. The molecule has 1 aliphatic rings. The molecule has 1 aromatic carbocycles. The van der Waals surface area contributed by atoms with Crippen molar-refractivity contribution < 1.29 is 19.4 Å². The molecule has 96 valence electrons. The van der Waals surface area contributed by atoms with Gasteiger partial charge in [-0.15, -0.1) is 0 Å². The molecule has 0 unspecified atom stereocenters. The van der Waals surface area contributed by atoms with Crippen LogP contribution in [0.15, 0.2) is 30.3 Å². The van der Waals surface area contributed by atoms with E-state index >= 15 is 0 Å². The van der Waals surface area contributed by atoms with E-state index in [9.17, 15) is 14.7 Å². The van der Waals surface area contributed by atoms with Crippen molar-refractivity contribution in [3.63, 3.8) is 0 Å². The van der Waals surface area contributed by atoms with Gasteiger partial charge >= 0.3 is 5.97 Å². The largest absolute Gasteiger partial charge is 0.479 e. The van der Waals surface area contributed by atoms with Crippen molar-refractivity contribution in [1.82, 2.24) is 4.90 Å². The summed E-state index contributed by atoms with van der Waals surface area (Å²) in [5.41, 5.74) is 0.778. The number of benzene rings is 1. The van der Waals surface area contributed by atoms with E-state index in [0.717, 1.165) is 5.56 Å². The predicted molar refractivity (Wildman–Crippen MR) is 63.9 cm³/mol. The van der Waals surface area contributed by atoms with Crippen LogP contribution in [0.1, 0.15) is 18.5 Å². The normalized spacial score (nSPS) is 24.1. The second-order valence-corrected chi connectivity index (χ2v) is 4.11. The Bertz CT molecular complexity index is 444. The number of aliphatic carboxylic acids is 1. The van der Waals surface area contributed by atoms with Crippen LogP contribution in [0.3, 0.4) is 0 Å². The molecule has 2 rings (SSSR count). The molecule has 0 spiro atoms. The van der Waals surface area contributed by atoms with E-state index in [1.807, 2.05) is 37.3 Å². The zero-order valence-corrected chi connectivity index (χ0v) is 10.1. The molecule has 1 aromatic rings. The first-order valence-corrected chi connectivity index (χ1v) is 5.84. The maximum absolute atomic E-state index is 11.8. The summed E-state index contributed by atoms with van der Waals surface area (Å²) in [6, 6.07) is 8.55. The Kier molecular flexibility index (Phi) is 3.62. The number of carboxylic acids is 1. The number of rotatable bonds is 3. The van der Waals surface area contributed by atoms with Crippen LogP contribution in [0.2, 0.25) is 0 Å². The average molecular weight is 249 g/mol. The summed E-state index contributed by atoms with van der Waals surface area (Å²) in [6.07, 6.45) is -1.01. The molecule has 0 saturated carbocycles. The number of morpholine rings is 1. The molecular weight excluding hydrogens is 234 g/mol. The number of carbonyl (C=O) groups is 2. The van der Waals surface area contributed by atoms with Gasteiger partial charge in [-0.1, -0.05) is 30.3 Å². The first kappa shape index (κ1) is 12.6. The fourth-order valence-electron chi connectivity index (χ4n) is 2.24. The molecule has 18 heavy (non-hydrogen) atoms. The summed E-state index contributed by atoms with van der Waals surface area (Å²) < 4.78 is 5.16. The Morgan fingerprint density at radius 2 is 2.11 bits per heavy atom. The lowest BCUT2D eigenvalue weighted by molar-refractivity contribution is -0.172. The molecule has 0 aliphatic carbocycles. The lowest BCUT2D eigenvalue weighted by atomic mass is 9.98. The summed E-state index contributed by atoms with van der Waals surface area (Å²) in [7, 11) is 0. The van der Waals surface area contributed by atoms with Gasteiger partial charge in [0.25, 0.3) is 0 Å². The number of nitrogens with zero attached hydrogens (tertiary/aromatic N) is 1. The van der Waals surface area contributed by atoms with Crippen molar-refractivity contribution in [1.29, 1.82) is 0 Å². The maximum atomic E-state index is 11.8. The fourth-order valence-corrected chi connectivity index (χ4v) is 2.24. The second-order valence-electron chi connectivity index (χ2n) is 4.11. The number of hydrogen-bond acceptors (Lipinski definition) is 3. The van der Waals surface area contributed by atoms with E-state index in [4.69, 9.17) is 4.74 Å². The second kappa shape index (κ2) is 5.18.